The average Bonchev–Trinajstić information content (AvgIpc) is 2.63. The van der Waals surface area contributed by atoms with Gasteiger partial charge in [-0.1, -0.05) is 18.2 Å². The van der Waals surface area contributed by atoms with E-state index in [1.165, 1.54) is 13.3 Å². The number of rotatable bonds is 1. The normalized spacial score (nSPS) is 9.08. The molecule has 0 radical (unpaired) electrons. The van der Waals surface area contributed by atoms with E-state index < -0.39 is 0 Å². The third-order valence-corrected chi connectivity index (χ3v) is 1.59. The molecule has 2 aromatic rings. The van der Waals surface area contributed by atoms with Crippen molar-refractivity contribution in [2.24, 2.45) is 5.73 Å². The molecule has 0 aliphatic rings. The maximum Gasteiger partial charge on any atom is 0.145 e. The van der Waals surface area contributed by atoms with Gasteiger partial charge < -0.3 is 15.6 Å². The van der Waals surface area contributed by atoms with Crippen LogP contribution < -0.4 is 5.73 Å². The van der Waals surface area contributed by atoms with Crippen LogP contribution in [-0.4, -0.2) is 13.3 Å². The first-order valence-corrected chi connectivity index (χ1v) is 3.97. The molecule has 1 aromatic heterocycles. The molecule has 13 heavy (non-hydrogen) atoms. The molecule has 1 heterocycles. The Morgan fingerprint density at radius 1 is 1.31 bits per heavy atom. The molecule has 0 saturated carbocycles. The Morgan fingerprint density at radius 2 is 2.00 bits per heavy atom. The first kappa shape index (κ1) is 9.48. The second-order valence-electron chi connectivity index (χ2n) is 2.33. The minimum Gasteiger partial charge on any atom is -0.455 e. The molecule has 0 aliphatic heterocycles. The predicted octanol–water partition coefficient (Wildman–Crippen LogP) is 2.01. The average molecular weight is 176 g/mol. The van der Waals surface area contributed by atoms with Crippen LogP contribution in [0.4, 0.5) is 0 Å². The highest BCUT2D eigenvalue weighted by Crippen LogP contribution is 2.16. The highest BCUT2D eigenvalue weighted by Gasteiger charge is 1.97. The van der Waals surface area contributed by atoms with Crippen LogP contribution in [0.3, 0.4) is 0 Å². The Hall–Kier alpha value is -1.61. The van der Waals surface area contributed by atoms with Crippen LogP contribution >= 0.6 is 0 Å². The quantitative estimate of drug-likeness (QED) is 0.653. The second kappa shape index (κ2) is 4.42. The van der Waals surface area contributed by atoms with E-state index >= 15 is 0 Å². The smallest absolute Gasteiger partial charge is 0.145 e. The van der Waals surface area contributed by atoms with E-state index in [0.29, 0.717) is 5.76 Å². The number of fused-ring (bicyclic) bond motifs is 1. The van der Waals surface area contributed by atoms with Crippen molar-refractivity contribution in [1.29, 1.82) is 5.41 Å². The zero-order chi connectivity index (χ0) is 9.68. The van der Waals surface area contributed by atoms with Gasteiger partial charge in [0.25, 0.3) is 0 Å². The van der Waals surface area contributed by atoms with Crippen molar-refractivity contribution in [2.75, 3.05) is 7.05 Å². The van der Waals surface area contributed by atoms with Crippen LogP contribution in [0.15, 0.2) is 34.7 Å². The topological polar surface area (TPSA) is 63.0 Å². The Bertz CT molecular complexity index is 359. The molecule has 0 atom stereocenters. The highest BCUT2D eigenvalue weighted by atomic mass is 16.3. The lowest BCUT2D eigenvalue weighted by atomic mass is 10.2. The first-order chi connectivity index (χ1) is 6.40. The van der Waals surface area contributed by atoms with Gasteiger partial charge in [0.15, 0.2) is 0 Å². The summed E-state index contributed by atoms with van der Waals surface area (Å²) in [5.74, 6) is 0.603. The summed E-state index contributed by atoms with van der Waals surface area (Å²) in [6.45, 7) is 0. The first-order valence-electron chi connectivity index (χ1n) is 3.97. The summed E-state index contributed by atoms with van der Waals surface area (Å²) in [5.41, 5.74) is 5.34. The van der Waals surface area contributed by atoms with Crippen LogP contribution in [0.1, 0.15) is 5.76 Å². The van der Waals surface area contributed by atoms with E-state index in [0.717, 1.165) is 11.0 Å². The van der Waals surface area contributed by atoms with Crippen LogP contribution in [-0.2, 0) is 0 Å². The van der Waals surface area contributed by atoms with E-state index in [-0.39, 0.29) is 0 Å². The van der Waals surface area contributed by atoms with Gasteiger partial charge in [-0.2, -0.15) is 0 Å². The van der Waals surface area contributed by atoms with Gasteiger partial charge in [-0.3, -0.25) is 0 Å². The van der Waals surface area contributed by atoms with Crippen molar-refractivity contribution in [1.82, 2.24) is 0 Å². The second-order valence-corrected chi connectivity index (χ2v) is 2.33. The van der Waals surface area contributed by atoms with E-state index in [9.17, 15) is 0 Å². The lowest BCUT2D eigenvalue weighted by Crippen LogP contribution is -1.69. The van der Waals surface area contributed by atoms with Crippen molar-refractivity contribution in [3.8, 4) is 0 Å². The molecule has 68 valence electrons. The molecule has 3 N–H and O–H groups in total. The summed E-state index contributed by atoms with van der Waals surface area (Å²) in [6, 6.07) is 9.57. The molecule has 0 amide bonds. The number of nitrogens with one attached hydrogen (secondary N) is 1. The monoisotopic (exact) mass is 176 g/mol. The third-order valence-electron chi connectivity index (χ3n) is 1.59. The van der Waals surface area contributed by atoms with Gasteiger partial charge in [0.05, 0.1) is 6.21 Å². The van der Waals surface area contributed by atoms with Gasteiger partial charge >= 0.3 is 0 Å². The van der Waals surface area contributed by atoms with E-state index in [1.54, 1.807) is 0 Å². The Kier molecular flexibility index (Phi) is 3.23. The zero-order valence-corrected chi connectivity index (χ0v) is 7.45. The van der Waals surface area contributed by atoms with Gasteiger partial charge in [0, 0.05) is 5.39 Å². The van der Waals surface area contributed by atoms with E-state index in [2.05, 4.69) is 5.73 Å². The Labute approximate surface area is 76.7 Å². The van der Waals surface area contributed by atoms with E-state index in [1.807, 2.05) is 30.3 Å². The summed E-state index contributed by atoms with van der Waals surface area (Å²) in [7, 11) is 1.50. The molecule has 0 saturated heterocycles. The van der Waals surface area contributed by atoms with Crippen molar-refractivity contribution in [3.05, 3.63) is 36.1 Å². The SMILES string of the molecule is CN.N=Cc1cc2ccccc2o1. The molecule has 0 spiro atoms. The number of hydrogen-bond acceptors (Lipinski definition) is 3. The van der Waals surface area contributed by atoms with Crippen LogP contribution in [0.25, 0.3) is 11.0 Å². The maximum atomic E-state index is 6.96. The molecule has 2 rings (SSSR count). The standard InChI is InChI=1S/C9H7NO.CH5N/c10-6-8-5-7-3-1-2-4-9(7)11-8;1-2/h1-6,10H;2H2,1H3. The molecule has 3 nitrogen and oxygen atoms in total. The molecule has 1 aromatic carbocycles. The van der Waals surface area contributed by atoms with Gasteiger partial charge in [0.2, 0.25) is 0 Å². The number of furan rings is 1. The molecular weight excluding hydrogens is 164 g/mol. The van der Waals surface area contributed by atoms with Crippen molar-refractivity contribution in [3.63, 3.8) is 0 Å². The predicted molar refractivity (Wildman–Crippen MR) is 54.2 cm³/mol. The van der Waals surface area contributed by atoms with Gasteiger partial charge in [0.1, 0.15) is 11.3 Å². The van der Waals surface area contributed by atoms with Gasteiger partial charge in [-0.15, -0.1) is 0 Å². The van der Waals surface area contributed by atoms with Crippen LogP contribution in [0, 0.1) is 5.41 Å². The van der Waals surface area contributed by atoms with Crippen molar-refractivity contribution >= 4 is 17.2 Å². The van der Waals surface area contributed by atoms with Crippen LogP contribution in [0.5, 0.6) is 0 Å². The highest BCUT2D eigenvalue weighted by molar-refractivity contribution is 5.85. The maximum absolute atomic E-state index is 6.96. The molecule has 0 aliphatic carbocycles. The number of hydrogen-bond donors (Lipinski definition) is 2. The largest absolute Gasteiger partial charge is 0.455 e. The Morgan fingerprint density at radius 3 is 2.62 bits per heavy atom. The fraction of sp³-hybridized carbons (Fsp3) is 0.100. The van der Waals surface area contributed by atoms with Gasteiger partial charge in [-0.05, 0) is 19.2 Å². The summed E-state index contributed by atoms with van der Waals surface area (Å²) in [5, 5.41) is 8.00. The lowest BCUT2D eigenvalue weighted by molar-refractivity contribution is 0.607. The number of benzene rings is 1. The summed E-state index contributed by atoms with van der Waals surface area (Å²) >= 11 is 0. The molecule has 0 bridgehead atoms. The molecule has 0 fully saturated rings. The zero-order valence-electron chi connectivity index (χ0n) is 7.45. The lowest BCUT2D eigenvalue weighted by Gasteiger charge is -1.82. The number of nitrogens with two attached hydrogens (primary N) is 1. The minimum atomic E-state index is 0.603. The summed E-state index contributed by atoms with van der Waals surface area (Å²) in [4.78, 5) is 0. The molecule has 3 heteroatoms. The van der Waals surface area contributed by atoms with Crippen LogP contribution in [0.2, 0.25) is 0 Å². The minimum absolute atomic E-state index is 0.603. The van der Waals surface area contributed by atoms with Crippen molar-refractivity contribution < 1.29 is 4.42 Å². The third kappa shape index (κ3) is 1.95. The molecular formula is C10H12N2O. The summed E-state index contributed by atoms with van der Waals surface area (Å²) < 4.78 is 5.27. The van der Waals surface area contributed by atoms with Crippen molar-refractivity contribution in [2.45, 2.75) is 0 Å². The number of para-hydroxylation sites is 1. The van der Waals surface area contributed by atoms with Gasteiger partial charge in [-0.25, -0.2) is 0 Å². The fourth-order valence-electron chi connectivity index (χ4n) is 1.07. The van der Waals surface area contributed by atoms with E-state index in [4.69, 9.17) is 9.83 Å². The fourth-order valence-corrected chi connectivity index (χ4v) is 1.07. The Balaban J connectivity index is 0.000000396. The summed E-state index contributed by atoms with van der Waals surface area (Å²) in [6.07, 6.45) is 1.21. The molecule has 0 unspecified atom stereocenters.